The molecule has 0 bridgehead atoms. The summed E-state index contributed by atoms with van der Waals surface area (Å²) >= 11 is 6.08. The number of benzene rings is 1. The maximum absolute atomic E-state index is 12.8. The average Bonchev–Trinajstić information content (AvgIpc) is 3.19. The molecule has 0 spiro atoms. The summed E-state index contributed by atoms with van der Waals surface area (Å²) in [5.74, 6) is 4.98. The monoisotopic (exact) mass is 497 g/mol. The van der Waals surface area contributed by atoms with Crippen molar-refractivity contribution in [1.82, 2.24) is 0 Å². The number of nitrogens with one attached hydrogen (secondary N) is 1. The molecule has 35 heavy (non-hydrogen) atoms. The first-order valence-electron chi connectivity index (χ1n) is 14.3. The molecule has 1 aromatic rings. The minimum atomic E-state index is -0.0193. The highest BCUT2D eigenvalue weighted by Crippen LogP contribution is 2.68. The van der Waals surface area contributed by atoms with E-state index in [1.807, 2.05) is 0 Å². The second-order valence-electron chi connectivity index (χ2n) is 13.0. The zero-order valence-electron chi connectivity index (χ0n) is 22.0. The lowest BCUT2D eigenvalue weighted by Crippen LogP contribution is -2.53. The third-order valence-corrected chi connectivity index (χ3v) is 11.8. The number of carbonyl (C=O) groups excluding carboxylic acids is 2. The number of aldehydes is 1. The van der Waals surface area contributed by atoms with Gasteiger partial charge in [0, 0.05) is 17.0 Å². The summed E-state index contributed by atoms with van der Waals surface area (Å²) in [6, 6.07) is 5.00. The number of hydrogen-bond donors (Lipinski definition) is 1. The van der Waals surface area contributed by atoms with Gasteiger partial charge >= 0.3 is 0 Å². The summed E-state index contributed by atoms with van der Waals surface area (Å²) in [6.07, 6.45) is 16.5. The standard InChI is InChI=1S/C31H44ClNO2/c1-20(7-14-29(35)33-28-18-23(32)10-8-21(28)19-34)25-12-13-26-24-11-9-22-6-4-5-16-30(22,2)27(24)15-17-31(25,26)3/h8,10,18-20,22,24-27H,4-7,9,11-17H2,1-3H3,(H,33,35)/t20-,22?,24?,25?,26?,27?,30?,31?/m1/s1. The van der Waals surface area contributed by atoms with E-state index in [-0.39, 0.29) is 5.91 Å². The van der Waals surface area contributed by atoms with Crippen molar-refractivity contribution in [2.75, 3.05) is 5.32 Å². The van der Waals surface area contributed by atoms with E-state index in [9.17, 15) is 9.59 Å². The van der Waals surface area contributed by atoms with Crippen molar-refractivity contribution < 1.29 is 9.59 Å². The highest BCUT2D eigenvalue weighted by molar-refractivity contribution is 6.31. The lowest BCUT2D eigenvalue weighted by Gasteiger charge is -2.61. The molecule has 1 amide bonds. The van der Waals surface area contributed by atoms with Crippen LogP contribution < -0.4 is 5.32 Å². The fourth-order valence-corrected chi connectivity index (χ4v) is 9.95. The number of amides is 1. The maximum atomic E-state index is 12.8. The predicted molar refractivity (Wildman–Crippen MR) is 144 cm³/mol. The molecule has 4 fully saturated rings. The number of hydrogen-bond acceptors (Lipinski definition) is 2. The largest absolute Gasteiger partial charge is 0.325 e. The van der Waals surface area contributed by atoms with Gasteiger partial charge in [0.1, 0.15) is 0 Å². The molecule has 5 rings (SSSR count). The molecule has 0 saturated heterocycles. The molecule has 7 unspecified atom stereocenters. The highest BCUT2D eigenvalue weighted by atomic mass is 35.5. The fraction of sp³-hybridized carbons (Fsp3) is 0.742. The number of fused-ring (bicyclic) bond motifs is 5. The van der Waals surface area contributed by atoms with E-state index < -0.39 is 0 Å². The Morgan fingerprint density at radius 2 is 1.86 bits per heavy atom. The number of anilines is 1. The molecule has 0 aromatic heterocycles. The topological polar surface area (TPSA) is 46.2 Å². The first-order valence-corrected chi connectivity index (χ1v) is 14.7. The Morgan fingerprint density at radius 1 is 1.06 bits per heavy atom. The Bertz CT molecular complexity index is 961. The van der Waals surface area contributed by atoms with Crippen molar-refractivity contribution in [2.45, 2.75) is 97.8 Å². The van der Waals surface area contributed by atoms with E-state index in [1.54, 1.807) is 18.2 Å². The summed E-state index contributed by atoms with van der Waals surface area (Å²) in [7, 11) is 0. The van der Waals surface area contributed by atoms with Crippen LogP contribution >= 0.6 is 11.6 Å². The molecule has 0 aliphatic heterocycles. The first-order chi connectivity index (χ1) is 16.8. The molecule has 0 radical (unpaired) electrons. The Hall–Kier alpha value is -1.35. The van der Waals surface area contributed by atoms with E-state index in [2.05, 4.69) is 26.1 Å². The normalized spacial score (nSPS) is 39.1. The van der Waals surface area contributed by atoms with Gasteiger partial charge in [-0.15, -0.1) is 0 Å². The summed E-state index contributed by atoms with van der Waals surface area (Å²) < 4.78 is 0. The van der Waals surface area contributed by atoms with Gasteiger partial charge < -0.3 is 5.32 Å². The van der Waals surface area contributed by atoms with Crippen molar-refractivity contribution in [3.05, 3.63) is 28.8 Å². The van der Waals surface area contributed by atoms with Gasteiger partial charge in [0.15, 0.2) is 6.29 Å². The van der Waals surface area contributed by atoms with Gasteiger partial charge in [-0.1, -0.05) is 45.2 Å². The van der Waals surface area contributed by atoms with Crippen LogP contribution in [0.2, 0.25) is 5.02 Å². The van der Waals surface area contributed by atoms with Gasteiger partial charge in [0.25, 0.3) is 0 Å². The summed E-state index contributed by atoms with van der Waals surface area (Å²) in [6.45, 7) is 7.66. The van der Waals surface area contributed by atoms with Crippen molar-refractivity contribution in [3.63, 3.8) is 0 Å². The number of carbonyl (C=O) groups is 2. The fourth-order valence-electron chi connectivity index (χ4n) is 9.78. The van der Waals surface area contributed by atoms with Crippen molar-refractivity contribution in [3.8, 4) is 0 Å². The van der Waals surface area contributed by atoms with Gasteiger partial charge in [0.2, 0.25) is 5.91 Å². The molecular weight excluding hydrogens is 454 g/mol. The van der Waals surface area contributed by atoms with E-state index in [0.717, 1.165) is 42.3 Å². The number of halogens is 1. The van der Waals surface area contributed by atoms with Crippen molar-refractivity contribution in [2.24, 2.45) is 46.3 Å². The van der Waals surface area contributed by atoms with Crippen LogP contribution in [0.4, 0.5) is 5.69 Å². The SMILES string of the molecule is C[C@H](CCC(=O)Nc1cc(Cl)ccc1C=O)C1CCC2C3CCC4CCCCC4(C)C3CCC21C. The first kappa shape index (κ1) is 25.3. The molecular formula is C31H44ClNO2. The predicted octanol–water partition coefficient (Wildman–Crippen LogP) is 8.56. The van der Waals surface area contributed by atoms with Gasteiger partial charge in [-0.3, -0.25) is 9.59 Å². The number of rotatable bonds is 6. The molecule has 4 aliphatic carbocycles. The van der Waals surface area contributed by atoms with Crippen LogP contribution in [0.3, 0.4) is 0 Å². The lowest BCUT2D eigenvalue weighted by molar-refractivity contribution is -0.118. The molecule has 1 N–H and O–H groups in total. The second-order valence-corrected chi connectivity index (χ2v) is 13.5. The molecule has 3 nitrogen and oxygen atoms in total. The Labute approximate surface area is 217 Å². The van der Waals surface area contributed by atoms with Crippen molar-refractivity contribution in [1.29, 1.82) is 0 Å². The van der Waals surface area contributed by atoms with E-state index in [4.69, 9.17) is 11.6 Å². The van der Waals surface area contributed by atoms with E-state index in [1.165, 1.54) is 64.2 Å². The van der Waals surface area contributed by atoms with E-state index in [0.29, 0.717) is 39.4 Å². The molecule has 1 aromatic carbocycles. The van der Waals surface area contributed by atoms with Gasteiger partial charge in [-0.2, -0.15) is 0 Å². The van der Waals surface area contributed by atoms with E-state index >= 15 is 0 Å². The Kier molecular flexibility index (Phi) is 7.12. The zero-order valence-corrected chi connectivity index (χ0v) is 22.7. The van der Waals surface area contributed by atoms with Crippen LogP contribution in [-0.2, 0) is 4.79 Å². The minimum absolute atomic E-state index is 0.0193. The van der Waals surface area contributed by atoms with Crippen LogP contribution in [0.5, 0.6) is 0 Å². The van der Waals surface area contributed by atoms with Crippen LogP contribution in [0.25, 0.3) is 0 Å². The Morgan fingerprint density at radius 3 is 2.66 bits per heavy atom. The van der Waals surface area contributed by atoms with Crippen LogP contribution in [-0.4, -0.2) is 12.2 Å². The zero-order chi connectivity index (χ0) is 24.8. The quantitative estimate of drug-likeness (QED) is 0.400. The van der Waals surface area contributed by atoms with Gasteiger partial charge in [-0.05, 0) is 122 Å². The van der Waals surface area contributed by atoms with Gasteiger partial charge in [0.05, 0.1) is 5.69 Å². The third-order valence-electron chi connectivity index (χ3n) is 11.6. The summed E-state index contributed by atoms with van der Waals surface area (Å²) in [5.41, 5.74) is 2.03. The third kappa shape index (κ3) is 4.49. The molecule has 4 saturated carbocycles. The Balaban J connectivity index is 1.22. The lowest BCUT2D eigenvalue weighted by atomic mass is 9.44. The van der Waals surface area contributed by atoms with Crippen molar-refractivity contribution >= 4 is 29.5 Å². The van der Waals surface area contributed by atoms with Gasteiger partial charge in [-0.25, -0.2) is 0 Å². The summed E-state index contributed by atoms with van der Waals surface area (Å²) in [4.78, 5) is 24.1. The summed E-state index contributed by atoms with van der Waals surface area (Å²) in [5, 5.41) is 3.45. The molecule has 4 aliphatic rings. The highest BCUT2D eigenvalue weighted by Gasteiger charge is 2.60. The second kappa shape index (κ2) is 9.84. The van der Waals surface area contributed by atoms with Crippen LogP contribution in [0.15, 0.2) is 18.2 Å². The molecule has 4 heteroatoms. The average molecular weight is 498 g/mol. The molecule has 192 valence electrons. The minimum Gasteiger partial charge on any atom is -0.325 e. The molecule has 0 heterocycles. The van der Waals surface area contributed by atoms with Crippen LogP contribution in [0.1, 0.15) is 108 Å². The molecule has 8 atom stereocenters. The maximum Gasteiger partial charge on any atom is 0.224 e. The van der Waals surface area contributed by atoms with Crippen LogP contribution in [0, 0.1) is 46.3 Å². The smallest absolute Gasteiger partial charge is 0.224 e.